The normalized spacial score (nSPS) is 18.2. The van der Waals surface area contributed by atoms with Gasteiger partial charge in [-0.1, -0.05) is 20.8 Å². The molecule has 24 heavy (non-hydrogen) atoms. The minimum Gasteiger partial charge on any atom is -0.352 e. The lowest BCUT2D eigenvalue weighted by Crippen LogP contribution is -2.38. The van der Waals surface area contributed by atoms with Gasteiger partial charge in [-0.15, -0.1) is 0 Å². The zero-order valence-corrected chi connectivity index (χ0v) is 14.9. The fourth-order valence-electron chi connectivity index (χ4n) is 3.11. The molecule has 2 aromatic heterocycles. The van der Waals surface area contributed by atoms with E-state index >= 15 is 0 Å². The van der Waals surface area contributed by atoms with Gasteiger partial charge in [0.1, 0.15) is 11.6 Å². The first-order valence-corrected chi connectivity index (χ1v) is 8.49. The molecule has 1 aliphatic rings. The van der Waals surface area contributed by atoms with Crippen molar-refractivity contribution in [2.24, 2.45) is 0 Å². The van der Waals surface area contributed by atoms with E-state index in [9.17, 15) is 4.79 Å². The van der Waals surface area contributed by atoms with Gasteiger partial charge in [-0.25, -0.2) is 14.6 Å². The van der Waals surface area contributed by atoms with Gasteiger partial charge in [-0.2, -0.15) is 5.10 Å². The van der Waals surface area contributed by atoms with E-state index in [0.717, 1.165) is 36.7 Å². The Kier molecular flexibility index (Phi) is 4.39. The molecule has 0 saturated carbocycles. The quantitative estimate of drug-likeness (QED) is 0.865. The number of nitrogens with zero attached hydrogens (tertiary/aromatic N) is 5. The second kappa shape index (κ2) is 6.34. The SMILES string of the molecule is Cc1nccc(N2CCCC2Cn2nc(C(C)(C)C)ccc2=O)n1. The fraction of sp³-hybridized carbons (Fsp3) is 0.556. The van der Waals surface area contributed by atoms with Crippen molar-refractivity contribution >= 4 is 5.82 Å². The fourth-order valence-corrected chi connectivity index (χ4v) is 3.11. The van der Waals surface area contributed by atoms with Crippen LogP contribution in [0.1, 0.15) is 45.1 Å². The van der Waals surface area contributed by atoms with Crippen LogP contribution in [-0.4, -0.2) is 32.3 Å². The Labute approximate surface area is 142 Å². The number of aryl methyl sites for hydroxylation is 1. The van der Waals surface area contributed by atoms with E-state index in [4.69, 9.17) is 0 Å². The standard InChI is InChI=1S/C18H25N5O/c1-13-19-10-9-16(20-13)22-11-5-6-14(22)12-23-17(24)8-7-15(21-23)18(2,3)4/h7-10,14H,5-6,11-12H2,1-4H3. The van der Waals surface area contributed by atoms with Crippen LogP contribution in [0.15, 0.2) is 29.2 Å². The van der Waals surface area contributed by atoms with Gasteiger partial charge in [-0.05, 0) is 31.9 Å². The molecular weight excluding hydrogens is 302 g/mol. The van der Waals surface area contributed by atoms with Crippen LogP contribution in [0.5, 0.6) is 0 Å². The van der Waals surface area contributed by atoms with Crippen LogP contribution in [-0.2, 0) is 12.0 Å². The van der Waals surface area contributed by atoms with Gasteiger partial charge in [0.15, 0.2) is 0 Å². The van der Waals surface area contributed by atoms with Gasteiger partial charge in [0.05, 0.1) is 18.3 Å². The van der Waals surface area contributed by atoms with E-state index in [1.807, 2.05) is 19.1 Å². The molecule has 0 bridgehead atoms. The molecule has 3 heterocycles. The van der Waals surface area contributed by atoms with Crippen LogP contribution >= 0.6 is 0 Å². The van der Waals surface area contributed by atoms with Gasteiger partial charge in [0.2, 0.25) is 0 Å². The molecule has 0 aromatic carbocycles. The Morgan fingerprint density at radius 1 is 1.25 bits per heavy atom. The molecule has 6 nitrogen and oxygen atoms in total. The number of rotatable bonds is 3. The first-order valence-electron chi connectivity index (χ1n) is 8.49. The van der Waals surface area contributed by atoms with Gasteiger partial charge in [0.25, 0.3) is 5.56 Å². The predicted octanol–water partition coefficient (Wildman–Crippen LogP) is 2.31. The van der Waals surface area contributed by atoms with E-state index in [-0.39, 0.29) is 17.0 Å². The van der Waals surface area contributed by atoms with Crippen LogP contribution in [0.4, 0.5) is 5.82 Å². The van der Waals surface area contributed by atoms with Crippen molar-refractivity contribution < 1.29 is 0 Å². The molecule has 0 amide bonds. The van der Waals surface area contributed by atoms with E-state index in [1.54, 1.807) is 16.9 Å². The third-order valence-electron chi connectivity index (χ3n) is 4.45. The molecule has 0 spiro atoms. The number of anilines is 1. The zero-order valence-electron chi connectivity index (χ0n) is 14.9. The molecule has 3 rings (SSSR count). The first kappa shape index (κ1) is 16.6. The summed E-state index contributed by atoms with van der Waals surface area (Å²) in [6.45, 7) is 9.76. The third kappa shape index (κ3) is 3.47. The van der Waals surface area contributed by atoms with Crippen molar-refractivity contribution in [1.82, 2.24) is 19.7 Å². The van der Waals surface area contributed by atoms with Crippen molar-refractivity contribution in [3.8, 4) is 0 Å². The zero-order chi connectivity index (χ0) is 17.3. The Bertz CT molecular complexity index is 777. The average molecular weight is 327 g/mol. The number of hydrogen-bond donors (Lipinski definition) is 0. The average Bonchev–Trinajstić information content (AvgIpc) is 2.96. The monoisotopic (exact) mass is 327 g/mol. The number of hydrogen-bond acceptors (Lipinski definition) is 5. The Morgan fingerprint density at radius 2 is 2.04 bits per heavy atom. The minimum atomic E-state index is -0.0748. The molecule has 2 aromatic rings. The molecule has 1 unspecified atom stereocenters. The molecule has 1 saturated heterocycles. The van der Waals surface area contributed by atoms with Crippen LogP contribution < -0.4 is 10.5 Å². The molecule has 1 aliphatic heterocycles. The van der Waals surface area contributed by atoms with E-state index in [1.165, 1.54) is 0 Å². The van der Waals surface area contributed by atoms with E-state index in [0.29, 0.717) is 6.54 Å². The summed E-state index contributed by atoms with van der Waals surface area (Å²) in [4.78, 5) is 23.2. The lowest BCUT2D eigenvalue weighted by Gasteiger charge is -2.26. The predicted molar refractivity (Wildman–Crippen MR) is 94.3 cm³/mol. The van der Waals surface area contributed by atoms with Gasteiger partial charge >= 0.3 is 0 Å². The largest absolute Gasteiger partial charge is 0.352 e. The molecule has 0 N–H and O–H groups in total. The van der Waals surface area contributed by atoms with Crippen molar-refractivity contribution in [1.29, 1.82) is 0 Å². The van der Waals surface area contributed by atoms with Crippen LogP contribution in [0, 0.1) is 6.92 Å². The highest BCUT2D eigenvalue weighted by molar-refractivity contribution is 5.40. The summed E-state index contributed by atoms with van der Waals surface area (Å²) < 4.78 is 1.61. The Morgan fingerprint density at radius 3 is 2.75 bits per heavy atom. The van der Waals surface area contributed by atoms with Crippen LogP contribution in [0.2, 0.25) is 0 Å². The second-order valence-electron chi connectivity index (χ2n) is 7.44. The summed E-state index contributed by atoms with van der Waals surface area (Å²) in [5, 5.41) is 4.60. The van der Waals surface area contributed by atoms with Crippen molar-refractivity contribution in [2.45, 2.75) is 58.5 Å². The van der Waals surface area contributed by atoms with Crippen LogP contribution in [0.25, 0.3) is 0 Å². The summed E-state index contributed by atoms with van der Waals surface area (Å²) in [5.41, 5.74) is 0.812. The molecule has 6 heteroatoms. The highest BCUT2D eigenvalue weighted by Gasteiger charge is 2.27. The molecule has 1 fully saturated rings. The van der Waals surface area contributed by atoms with Crippen molar-refractivity contribution in [3.05, 3.63) is 46.3 Å². The summed E-state index contributed by atoms with van der Waals surface area (Å²) in [5.74, 6) is 1.70. The second-order valence-corrected chi connectivity index (χ2v) is 7.44. The van der Waals surface area contributed by atoms with Crippen LogP contribution in [0.3, 0.4) is 0 Å². The third-order valence-corrected chi connectivity index (χ3v) is 4.45. The Balaban J connectivity index is 1.86. The maximum atomic E-state index is 12.2. The molecule has 0 aliphatic carbocycles. The summed E-state index contributed by atoms with van der Waals surface area (Å²) >= 11 is 0. The summed E-state index contributed by atoms with van der Waals surface area (Å²) in [6.07, 6.45) is 3.93. The smallest absolute Gasteiger partial charge is 0.266 e. The van der Waals surface area contributed by atoms with E-state index in [2.05, 4.69) is 40.7 Å². The van der Waals surface area contributed by atoms with Gasteiger partial charge in [-0.3, -0.25) is 4.79 Å². The molecular formula is C18H25N5O. The van der Waals surface area contributed by atoms with Gasteiger partial charge < -0.3 is 4.90 Å². The lowest BCUT2D eigenvalue weighted by molar-refractivity contribution is 0.456. The maximum Gasteiger partial charge on any atom is 0.266 e. The molecule has 128 valence electrons. The maximum absolute atomic E-state index is 12.2. The minimum absolute atomic E-state index is 0.0475. The first-order chi connectivity index (χ1) is 11.3. The van der Waals surface area contributed by atoms with Crippen molar-refractivity contribution in [3.63, 3.8) is 0 Å². The highest BCUT2D eigenvalue weighted by Crippen LogP contribution is 2.24. The van der Waals surface area contributed by atoms with E-state index < -0.39 is 0 Å². The molecule has 0 radical (unpaired) electrons. The van der Waals surface area contributed by atoms with Gasteiger partial charge in [0, 0.05) is 24.2 Å². The lowest BCUT2D eigenvalue weighted by atomic mass is 9.92. The number of aromatic nitrogens is 4. The molecule has 1 atom stereocenters. The highest BCUT2D eigenvalue weighted by atomic mass is 16.1. The summed E-state index contributed by atoms with van der Waals surface area (Å²) in [6, 6.07) is 5.63. The Hall–Kier alpha value is -2.24. The summed E-state index contributed by atoms with van der Waals surface area (Å²) in [7, 11) is 0. The van der Waals surface area contributed by atoms with Crippen molar-refractivity contribution in [2.75, 3.05) is 11.4 Å². The topological polar surface area (TPSA) is 63.9 Å².